The number of fused-ring (bicyclic) bond motifs is 1. The molecule has 1 unspecified atom stereocenters. The molecule has 1 aromatic rings. The lowest BCUT2D eigenvalue weighted by Crippen LogP contribution is -2.35. The van der Waals surface area contributed by atoms with Crippen molar-refractivity contribution >= 4 is 5.91 Å². The van der Waals surface area contributed by atoms with E-state index >= 15 is 0 Å². The van der Waals surface area contributed by atoms with E-state index in [0.29, 0.717) is 6.61 Å². The summed E-state index contributed by atoms with van der Waals surface area (Å²) in [4.78, 5) is 11.8. The minimum Gasteiger partial charge on any atom is -0.491 e. The van der Waals surface area contributed by atoms with Gasteiger partial charge in [0.15, 0.2) is 0 Å². The topological polar surface area (TPSA) is 47.6 Å². The summed E-state index contributed by atoms with van der Waals surface area (Å²) in [7, 11) is 0. The Labute approximate surface area is 107 Å². The van der Waals surface area contributed by atoms with Crippen molar-refractivity contribution in [2.45, 2.75) is 32.4 Å². The molecule has 0 saturated carbocycles. The molecule has 1 aliphatic heterocycles. The number of benzene rings is 1. The quantitative estimate of drug-likeness (QED) is 0.892. The monoisotopic (exact) mass is 249 g/mol. The second kappa shape index (κ2) is 4.98. The predicted molar refractivity (Wildman–Crippen MR) is 68.5 cm³/mol. The number of ether oxygens (including phenoxy) is 2. The maximum Gasteiger partial charge on any atom is 0.246 e. The highest BCUT2D eigenvalue weighted by Gasteiger charge is 2.25. The minimum absolute atomic E-state index is 0.0716. The lowest BCUT2D eigenvalue weighted by molar-refractivity contribution is -0.131. The third-order valence-corrected chi connectivity index (χ3v) is 2.67. The number of carbonyl (C=O) groups excluding carboxylic acids is 1. The fourth-order valence-electron chi connectivity index (χ4n) is 1.80. The Bertz CT molecular complexity index is 437. The van der Waals surface area contributed by atoms with Gasteiger partial charge in [0, 0.05) is 5.56 Å². The molecule has 1 atom stereocenters. The second-order valence-electron chi connectivity index (χ2n) is 5.37. The average molecular weight is 249 g/mol. The maximum atomic E-state index is 11.8. The highest BCUT2D eigenvalue weighted by molar-refractivity contribution is 5.78. The first kappa shape index (κ1) is 12.9. The summed E-state index contributed by atoms with van der Waals surface area (Å²) < 4.78 is 10.9. The van der Waals surface area contributed by atoms with Crippen LogP contribution in [-0.4, -0.2) is 24.7 Å². The van der Waals surface area contributed by atoms with E-state index in [-0.39, 0.29) is 24.2 Å². The molecule has 1 aliphatic rings. The van der Waals surface area contributed by atoms with Crippen LogP contribution in [0.1, 0.15) is 32.4 Å². The van der Waals surface area contributed by atoms with E-state index in [2.05, 4.69) is 5.32 Å². The predicted octanol–water partition coefficient (Wildman–Crippen LogP) is 2.05. The van der Waals surface area contributed by atoms with E-state index in [4.69, 9.17) is 9.47 Å². The molecule has 4 nitrogen and oxygen atoms in total. The van der Waals surface area contributed by atoms with Crippen molar-refractivity contribution in [2.75, 3.05) is 13.2 Å². The Kier molecular flexibility index (Phi) is 3.57. The normalized spacial score (nSPS) is 18.1. The van der Waals surface area contributed by atoms with Crippen LogP contribution in [0.4, 0.5) is 0 Å². The average Bonchev–Trinajstić information content (AvgIpc) is 2.70. The number of nitrogens with one attached hydrogen (secondary N) is 1. The van der Waals surface area contributed by atoms with E-state index in [1.165, 1.54) is 0 Å². The highest BCUT2D eigenvalue weighted by Crippen LogP contribution is 2.31. The molecule has 18 heavy (non-hydrogen) atoms. The van der Waals surface area contributed by atoms with Crippen LogP contribution in [-0.2, 0) is 9.53 Å². The standard InChI is InChI=1S/C14H19NO3/c1-14(2,3)18-9-13(16)15-11-8-17-12-7-5-4-6-10(11)12/h4-7,11H,8-9H2,1-3H3,(H,15,16). The van der Waals surface area contributed by atoms with Gasteiger partial charge in [-0.05, 0) is 26.8 Å². The Morgan fingerprint density at radius 1 is 1.44 bits per heavy atom. The van der Waals surface area contributed by atoms with E-state index in [0.717, 1.165) is 11.3 Å². The van der Waals surface area contributed by atoms with Crippen LogP contribution >= 0.6 is 0 Å². The largest absolute Gasteiger partial charge is 0.491 e. The Balaban J connectivity index is 1.90. The molecule has 0 bridgehead atoms. The molecule has 1 aromatic carbocycles. The van der Waals surface area contributed by atoms with Crippen LogP contribution in [0.25, 0.3) is 0 Å². The van der Waals surface area contributed by atoms with Crippen molar-refractivity contribution in [2.24, 2.45) is 0 Å². The van der Waals surface area contributed by atoms with Gasteiger partial charge in [-0.25, -0.2) is 0 Å². The van der Waals surface area contributed by atoms with Gasteiger partial charge in [-0.15, -0.1) is 0 Å². The van der Waals surface area contributed by atoms with Crippen LogP contribution in [0, 0.1) is 0 Å². The summed E-state index contributed by atoms with van der Waals surface area (Å²) in [6.45, 7) is 6.33. The molecule has 1 N–H and O–H groups in total. The molecule has 1 amide bonds. The van der Waals surface area contributed by atoms with Crippen molar-refractivity contribution in [1.29, 1.82) is 0 Å². The first-order valence-electron chi connectivity index (χ1n) is 6.11. The van der Waals surface area contributed by atoms with Crippen LogP contribution < -0.4 is 10.1 Å². The zero-order valence-electron chi connectivity index (χ0n) is 11.0. The van der Waals surface area contributed by atoms with Crippen LogP contribution in [0.5, 0.6) is 5.75 Å². The molecule has 98 valence electrons. The van der Waals surface area contributed by atoms with Gasteiger partial charge >= 0.3 is 0 Å². The first-order valence-corrected chi connectivity index (χ1v) is 6.11. The molecule has 0 fully saturated rings. The van der Waals surface area contributed by atoms with Crippen molar-refractivity contribution in [1.82, 2.24) is 5.32 Å². The van der Waals surface area contributed by atoms with Gasteiger partial charge in [0.2, 0.25) is 5.91 Å². The molecule has 4 heteroatoms. The van der Waals surface area contributed by atoms with Gasteiger partial charge in [0.05, 0.1) is 11.6 Å². The van der Waals surface area contributed by atoms with Gasteiger partial charge in [-0.1, -0.05) is 18.2 Å². The molecule has 0 radical (unpaired) electrons. The molecular weight excluding hydrogens is 230 g/mol. The van der Waals surface area contributed by atoms with Gasteiger partial charge in [-0.3, -0.25) is 4.79 Å². The Hall–Kier alpha value is -1.55. The van der Waals surface area contributed by atoms with Gasteiger partial charge in [0.25, 0.3) is 0 Å². The summed E-state index contributed by atoms with van der Waals surface area (Å²) in [6, 6.07) is 7.67. The molecule has 2 rings (SSSR count). The smallest absolute Gasteiger partial charge is 0.246 e. The number of amides is 1. The SMILES string of the molecule is CC(C)(C)OCC(=O)NC1COc2ccccc21. The van der Waals surface area contributed by atoms with Gasteiger partial charge in [-0.2, -0.15) is 0 Å². The second-order valence-corrected chi connectivity index (χ2v) is 5.37. The molecule has 0 saturated heterocycles. The van der Waals surface area contributed by atoms with Gasteiger partial charge < -0.3 is 14.8 Å². The lowest BCUT2D eigenvalue weighted by atomic mass is 10.1. The summed E-state index contributed by atoms with van der Waals surface area (Å²) in [5.74, 6) is 0.731. The summed E-state index contributed by atoms with van der Waals surface area (Å²) in [6.07, 6.45) is 0. The number of rotatable bonds is 3. The number of hydrogen-bond acceptors (Lipinski definition) is 3. The zero-order chi connectivity index (χ0) is 13.2. The molecule has 0 spiro atoms. The van der Waals surface area contributed by atoms with E-state index < -0.39 is 0 Å². The Morgan fingerprint density at radius 2 is 2.17 bits per heavy atom. The Morgan fingerprint density at radius 3 is 2.89 bits per heavy atom. The number of carbonyl (C=O) groups is 1. The molecule has 1 heterocycles. The van der Waals surface area contributed by atoms with Crippen LogP contribution in [0.15, 0.2) is 24.3 Å². The van der Waals surface area contributed by atoms with Gasteiger partial charge in [0.1, 0.15) is 19.0 Å². The fourth-order valence-corrected chi connectivity index (χ4v) is 1.80. The number of para-hydroxylation sites is 1. The lowest BCUT2D eigenvalue weighted by Gasteiger charge is -2.20. The van der Waals surface area contributed by atoms with Crippen molar-refractivity contribution in [3.05, 3.63) is 29.8 Å². The van der Waals surface area contributed by atoms with Crippen molar-refractivity contribution in [3.8, 4) is 5.75 Å². The summed E-state index contributed by atoms with van der Waals surface area (Å²) in [5.41, 5.74) is 0.725. The van der Waals surface area contributed by atoms with E-state index in [9.17, 15) is 4.79 Å². The third-order valence-electron chi connectivity index (χ3n) is 2.67. The molecule has 0 aliphatic carbocycles. The summed E-state index contributed by atoms with van der Waals surface area (Å²) in [5, 5.41) is 2.92. The molecular formula is C14H19NO3. The van der Waals surface area contributed by atoms with E-state index in [1.807, 2.05) is 45.0 Å². The summed E-state index contributed by atoms with van der Waals surface area (Å²) >= 11 is 0. The molecule has 0 aromatic heterocycles. The van der Waals surface area contributed by atoms with Crippen LogP contribution in [0.3, 0.4) is 0 Å². The minimum atomic E-state index is -0.304. The van der Waals surface area contributed by atoms with Crippen molar-refractivity contribution < 1.29 is 14.3 Å². The fraction of sp³-hybridized carbons (Fsp3) is 0.500. The third kappa shape index (κ3) is 3.23. The number of hydrogen-bond donors (Lipinski definition) is 1. The van der Waals surface area contributed by atoms with Crippen LogP contribution in [0.2, 0.25) is 0 Å². The first-order chi connectivity index (χ1) is 8.46. The van der Waals surface area contributed by atoms with E-state index in [1.54, 1.807) is 0 Å². The highest BCUT2D eigenvalue weighted by atomic mass is 16.5. The van der Waals surface area contributed by atoms with Crippen molar-refractivity contribution in [3.63, 3.8) is 0 Å². The maximum absolute atomic E-state index is 11.8. The zero-order valence-corrected chi connectivity index (χ0v) is 11.0.